The molecule has 0 saturated carbocycles. The van der Waals surface area contributed by atoms with Crippen LogP contribution in [0.5, 0.6) is 0 Å². The van der Waals surface area contributed by atoms with Crippen LogP contribution in [0, 0.1) is 0 Å². The van der Waals surface area contributed by atoms with Crippen LogP contribution in [0.1, 0.15) is 31.1 Å². The van der Waals surface area contributed by atoms with E-state index in [1.54, 1.807) is 30.7 Å². The number of thiazole rings is 1. The summed E-state index contributed by atoms with van der Waals surface area (Å²) >= 11 is 1.29. The van der Waals surface area contributed by atoms with Crippen LogP contribution in [0.2, 0.25) is 0 Å². The average molecular weight is 405 g/mol. The van der Waals surface area contributed by atoms with Crippen LogP contribution in [0.4, 0.5) is 0 Å². The molecule has 3 aromatic rings. The van der Waals surface area contributed by atoms with Crippen LogP contribution >= 0.6 is 11.3 Å². The zero-order valence-corrected chi connectivity index (χ0v) is 16.8. The number of pyridine rings is 1. The molecule has 2 aromatic heterocycles. The normalized spacial score (nSPS) is 16.3. The van der Waals surface area contributed by atoms with Gasteiger partial charge < -0.3 is 4.74 Å². The topological polar surface area (TPSA) is 73.6 Å². The molecule has 1 atom stereocenters. The van der Waals surface area contributed by atoms with E-state index in [0.29, 0.717) is 26.3 Å². The standard InChI is InChI=1S/C22H19N3O3S/c1-3-28-21(27)18-14(2)24-22-25(19(18)15-9-5-4-6-10-15)20(26)17(29-22)13-16-11-7-8-12-23-16/h4-13,19H,3H2,1-2H3/b17-13+/t19-/m1/s1. The number of carbonyl (C=O) groups excluding carboxylic acids is 1. The Balaban J connectivity index is 1.96. The van der Waals surface area contributed by atoms with Crippen molar-refractivity contribution < 1.29 is 9.53 Å². The van der Waals surface area contributed by atoms with E-state index < -0.39 is 12.0 Å². The van der Waals surface area contributed by atoms with Crippen LogP contribution in [0.25, 0.3) is 6.08 Å². The van der Waals surface area contributed by atoms with E-state index in [1.807, 2.05) is 48.5 Å². The molecule has 0 unspecified atom stereocenters. The molecule has 3 heterocycles. The van der Waals surface area contributed by atoms with Gasteiger partial charge in [-0.1, -0.05) is 47.7 Å². The molecule has 29 heavy (non-hydrogen) atoms. The molecule has 1 aromatic carbocycles. The largest absolute Gasteiger partial charge is 0.463 e. The summed E-state index contributed by atoms with van der Waals surface area (Å²) in [6.45, 7) is 3.78. The molecule has 0 bridgehead atoms. The Morgan fingerprint density at radius 2 is 1.97 bits per heavy atom. The Labute approximate surface area is 171 Å². The van der Waals surface area contributed by atoms with Gasteiger partial charge in [0.15, 0.2) is 4.80 Å². The van der Waals surface area contributed by atoms with Crippen molar-refractivity contribution in [3.05, 3.63) is 96.9 Å². The van der Waals surface area contributed by atoms with Gasteiger partial charge in [-0.3, -0.25) is 14.3 Å². The molecule has 1 aliphatic rings. The first-order chi connectivity index (χ1) is 14.1. The minimum absolute atomic E-state index is 0.206. The highest BCUT2D eigenvalue weighted by atomic mass is 32.1. The Morgan fingerprint density at radius 3 is 2.66 bits per heavy atom. The van der Waals surface area contributed by atoms with Crippen molar-refractivity contribution in [2.75, 3.05) is 6.61 Å². The number of benzene rings is 1. The van der Waals surface area contributed by atoms with E-state index in [4.69, 9.17) is 4.74 Å². The van der Waals surface area contributed by atoms with Crippen molar-refractivity contribution in [3.63, 3.8) is 0 Å². The van der Waals surface area contributed by atoms with Gasteiger partial charge in [0.1, 0.15) is 0 Å². The van der Waals surface area contributed by atoms with Crippen molar-refractivity contribution >= 4 is 23.4 Å². The smallest absolute Gasteiger partial charge is 0.338 e. The highest BCUT2D eigenvalue weighted by Crippen LogP contribution is 2.30. The summed E-state index contributed by atoms with van der Waals surface area (Å²) < 4.78 is 7.37. The number of aromatic nitrogens is 2. The second-order valence-electron chi connectivity index (χ2n) is 6.47. The van der Waals surface area contributed by atoms with E-state index in [1.165, 1.54) is 11.3 Å². The Kier molecular flexibility index (Phi) is 5.22. The van der Waals surface area contributed by atoms with E-state index in [2.05, 4.69) is 9.98 Å². The third kappa shape index (κ3) is 3.56. The molecule has 7 heteroatoms. The number of fused-ring (bicyclic) bond motifs is 1. The first kappa shape index (κ1) is 19.0. The van der Waals surface area contributed by atoms with E-state index in [9.17, 15) is 9.59 Å². The lowest BCUT2D eigenvalue weighted by Crippen LogP contribution is -2.39. The van der Waals surface area contributed by atoms with Crippen molar-refractivity contribution in [1.82, 2.24) is 9.55 Å². The van der Waals surface area contributed by atoms with Gasteiger partial charge in [0, 0.05) is 6.20 Å². The van der Waals surface area contributed by atoms with Crippen LogP contribution in [0.15, 0.2) is 75.8 Å². The fourth-order valence-corrected chi connectivity index (χ4v) is 4.37. The van der Waals surface area contributed by atoms with E-state index >= 15 is 0 Å². The fraction of sp³-hybridized carbons (Fsp3) is 0.182. The van der Waals surface area contributed by atoms with Gasteiger partial charge in [0.2, 0.25) is 0 Å². The molecule has 0 spiro atoms. The summed E-state index contributed by atoms with van der Waals surface area (Å²) in [5, 5.41) is 0. The number of hydrogen-bond donors (Lipinski definition) is 0. The molecule has 4 rings (SSSR count). The average Bonchev–Trinajstić information content (AvgIpc) is 3.03. The molecule has 0 radical (unpaired) electrons. The van der Waals surface area contributed by atoms with Crippen LogP contribution in [0.3, 0.4) is 0 Å². The minimum atomic E-state index is -0.586. The maximum atomic E-state index is 13.3. The molecule has 0 aliphatic carbocycles. The summed E-state index contributed by atoms with van der Waals surface area (Å²) in [5.41, 5.74) is 2.26. The van der Waals surface area contributed by atoms with Gasteiger partial charge in [0.05, 0.1) is 34.1 Å². The maximum Gasteiger partial charge on any atom is 0.338 e. The number of carbonyl (C=O) groups is 1. The predicted octanol–water partition coefficient (Wildman–Crippen LogP) is 2.19. The number of ether oxygens (including phenoxy) is 1. The molecule has 146 valence electrons. The number of hydrogen-bond acceptors (Lipinski definition) is 6. The van der Waals surface area contributed by atoms with Crippen molar-refractivity contribution in [1.29, 1.82) is 0 Å². The third-order valence-electron chi connectivity index (χ3n) is 4.60. The van der Waals surface area contributed by atoms with Gasteiger partial charge in [-0.15, -0.1) is 0 Å². The minimum Gasteiger partial charge on any atom is -0.463 e. The van der Waals surface area contributed by atoms with E-state index in [0.717, 1.165) is 5.56 Å². The number of rotatable bonds is 4. The summed E-state index contributed by atoms with van der Waals surface area (Å²) in [7, 11) is 0. The summed E-state index contributed by atoms with van der Waals surface area (Å²) in [6, 6.07) is 14.4. The summed E-state index contributed by atoms with van der Waals surface area (Å²) in [5.74, 6) is -0.457. The lowest BCUT2D eigenvalue weighted by molar-refractivity contribution is -0.139. The predicted molar refractivity (Wildman–Crippen MR) is 111 cm³/mol. The third-order valence-corrected chi connectivity index (χ3v) is 5.58. The lowest BCUT2D eigenvalue weighted by atomic mass is 9.96. The van der Waals surface area contributed by atoms with Gasteiger partial charge in [-0.2, -0.15) is 0 Å². The monoisotopic (exact) mass is 405 g/mol. The van der Waals surface area contributed by atoms with E-state index in [-0.39, 0.29) is 12.2 Å². The van der Waals surface area contributed by atoms with Gasteiger partial charge in [0.25, 0.3) is 5.56 Å². The quantitative estimate of drug-likeness (QED) is 0.624. The number of esters is 1. The lowest BCUT2D eigenvalue weighted by Gasteiger charge is -2.24. The zero-order chi connectivity index (χ0) is 20.4. The fourth-order valence-electron chi connectivity index (χ4n) is 3.34. The second kappa shape index (κ2) is 7.97. The summed E-state index contributed by atoms with van der Waals surface area (Å²) in [4.78, 5) is 35.4. The van der Waals surface area contributed by atoms with Crippen molar-refractivity contribution in [3.8, 4) is 0 Å². The maximum absolute atomic E-state index is 13.3. The molecule has 0 N–H and O–H groups in total. The Morgan fingerprint density at radius 1 is 1.21 bits per heavy atom. The van der Waals surface area contributed by atoms with Crippen molar-refractivity contribution in [2.45, 2.75) is 19.9 Å². The van der Waals surface area contributed by atoms with Crippen LogP contribution in [-0.2, 0) is 9.53 Å². The highest BCUT2D eigenvalue weighted by molar-refractivity contribution is 7.07. The second-order valence-corrected chi connectivity index (χ2v) is 7.48. The Hall–Kier alpha value is -3.32. The number of allylic oxidation sites excluding steroid dienone is 1. The molecular formula is C22H19N3O3S. The Bertz CT molecular complexity index is 1260. The molecule has 0 amide bonds. The summed E-state index contributed by atoms with van der Waals surface area (Å²) in [6.07, 6.45) is 3.42. The van der Waals surface area contributed by atoms with Gasteiger partial charge >= 0.3 is 5.97 Å². The molecule has 0 fully saturated rings. The van der Waals surface area contributed by atoms with Crippen LogP contribution in [-0.4, -0.2) is 22.1 Å². The van der Waals surface area contributed by atoms with Gasteiger partial charge in [-0.25, -0.2) is 9.79 Å². The molecular weight excluding hydrogens is 386 g/mol. The molecule has 1 aliphatic heterocycles. The first-order valence-corrected chi connectivity index (χ1v) is 10.1. The number of nitrogens with zero attached hydrogens (tertiary/aromatic N) is 3. The highest BCUT2D eigenvalue weighted by Gasteiger charge is 2.33. The van der Waals surface area contributed by atoms with Crippen LogP contribution < -0.4 is 14.9 Å². The van der Waals surface area contributed by atoms with Crippen molar-refractivity contribution in [2.24, 2.45) is 4.99 Å². The zero-order valence-electron chi connectivity index (χ0n) is 16.0. The van der Waals surface area contributed by atoms with Gasteiger partial charge in [-0.05, 0) is 37.6 Å². The molecule has 0 saturated heterocycles. The SMILES string of the molecule is CCOC(=O)C1=C(C)N=c2s/c(=C/c3ccccn3)c(=O)n2[C@@H]1c1ccccc1. The first-order valence-electron chi connectivity index (χ1n) is 9.25. The molecule has 6 nitrogen and oxygen atoms in total.